The Morgan fingerprint density at radius 1 is 1.00 bits per heavy atom. The number of rotatable bonds is 7. The molecule has 1 aromatic rings. The topological polar surface area (TPSA) is 27.3 Å². The second-order valence-electron chi connectivity index (χ2n) is 7.39. The van der Waals surface area contributed by atoms with Gasteiger partial charge in [-0.25, -0.2) is 9.13 Å². The molecule has 0 bridgehead atoms. The quantitative estimate of drug-likeness (QED) is 0.567. The van der Waals surface area contributed by atoms with Crippen LogP contribution in [0.3, 0.4) is 0 Å². The van der Waals surface area contributed by atoms with Crippen LogP contribution in [0.4, 0.5) is 0 Å². The van der Waals surface area contributed by atoms with E-state index in [-0.39, 0.29) is 0 Å². The molecule has 0 aliphatic carbocycles. The Balaban J connectivity index is 2.68. The van der Waals surface area contributed by atoms with Gasteiger partial charge in [-0.05, 0) is 52.8 Å². The third kappa shape index (κ3) is 6.49. The molecule has 0 spiro atoms. The van der Waals surface area contributed by atoms with E-state index in [1.54, 1.807) is 0 Å². The van der Waals surface area contributed by atoms with Crippen molar-refractivity contribution in [3.63, 3.8) is 0 Å². The lowest BCUT2D eigenvalue weighted by molar-refractivity contribution is -0.681. The number of aryl methyl sites for hydroxylation is 1. The number of aromatic nitrogens is 2. The minimum Gasteiger partial charge on any atom is -0.437 e. The largest absolute Gasteiger partial charge is 0.437 e. The molecular weight excluding hydrogens is 300 g/mol. The second-order valence-corrected chi connectivity index (χ2v) is 19.9. The molecule has 0 N–H and O–H groups in total. The summed E-state index contributed by atoms with van der Waals surface area (Å²) < 4.78 is 17.2. The first-order valence-corrected chi connectivity index (χ1v) is 16.7. The first-order valence-electron chi connectivity index (χ1n) is 7.38. The van der Waals surface area contributed by atoms with E-state index >= 15 is 0 Å². The molecule has 0 amide bonds. The highest BCUT2D eigenvalue weighted by molar-refractivity contribution is 6.87. The lowest BCUT2D eigenvalue weighted by Crippen LogP contribution is -2.57. The van der Waals surface area contributed by atoms with Crippen molar-refractivity contribution in [2.75, 3.05) is 0 Å². The number of imidazole rings is 1. The SMILES string of the molecule is CCn1cc[n+](C[Si](C)(C)O[Si](C)(C)O[Si](C)(C)C)c1. The van der Waals surface area contributed by atoms with Gasteiger partial charge in [-0.2, -0.15) is 0 Å². The second kappa shape index (κ2) is 6.27. The molecule has 1 heterocycles. The molecule has 0 saturated carbocycles. The molecule has 0 atom stereocenters. The van der Waals surface area contributed by atoms with Crippen LogP contribution in [0.5, 0.6) is 0 Å². The van der Waals surface area contributed by atoms with Crippen LogP contribution in [0.2, 0.25) is 45.8 Å². The molecular formula is C13H31N2O2Si3+. The van der Waals surface area contributed by atoms with E-state index in [0.29, 0.717) is 0 Å². The summed E-state index contributed by atoms with van der Waals surface area (Å²) in [5.41, 5.74) is 0. The maximum Gasteiger partial charge on any atom is 0.311 e. The molecule has 7 heteroatoms. The lowest BCUT2D eigenvalue weighted by atomic mass is 10.7. The van der Waals surface area contributed by atoms with Crippen LogP contribution in [0.1, 0.15) is 6.92 Å². The van der Waals surface area contributed by atoms with Gasteiger partial charge in [-0.15, -0.1) is 0 Å². The molecule has 0 fully saturated rings. The van der Waals surface area contributed by atoms with Crippen molar-refractivity contribution in [2.24, 2.45) is 0 Å². The zero-order valence-corrected chi connectivity index (χ0v) is 17.4. The van der Waals surface area contributed by atoms with Crippen LogP contribution in [0.15, 0.2) is 18.7 Å². The zero-order chi connectivity index (χ0) is 15.6. The molecule has 0 saturated heterocycles. The summed E-state index contributed by atoms with van der Waals surface area (Å²) in [4.78, 5) is 0. The summed E-state index contributed by atoms with van der Waals surface area (Å²) in [6, 6.07) is 0. The van der Waals surface area contributed by atoms with Gasteiger partial charge in [0.15, 0.2) is 8.32 Å². The predicted molar refractivity (Wildman–Crippen MR) is 90.8 cm³/mol. The van der Waals surface area contributed by atoms with E-state index in [0.717, 1.165) is 12.7 Å². The average Bonchev–Trinajstić information content (AvgIpc) is 2.58. The third-order valence-corrected chi connectivity index (χ3v) is 12.5. The monoisotopic (exact) mass is 331 g/mol. The van der Waals surface area contributed by atoms with E-state index in [4.69, 9.17) is 8.23 Å². The van der Waals surface area contributed by atoms with E-state index < -0.39 is 25.2 Å². The number of nitrogens with zero attached hydrogens (tertiary/aromatic N) is 2. The van der Waals surface area contributed by atoms with Crippen molar-refractivity contribution in [3.8, 4) is 0 Å². The highest BCUT2D eigenvalue weighted by Crippen LogP contribution is 2.20. The average molecular weight is 332 g/mol. The molecule has 0 aromatic carbocycles. The first kappa shape index (κ1) is 17.8. The fraction of sp³-hybridized carbons (Fsp3) is 0.769. The Morgan fingerprint density at radius 2 is 1.60 bits per heavy atom. The van der Waals surface area contributed by atoms with Crippen LogP contribution in [0.25, 0.3) is 0 Å². The van der Waals surface area contributed by atoms with E-state index in [1.807, 2.05) is 0 Å². The molecule has 4 nitrogen and oxygen atoms in total. The maximum absolute atomic E-state index is 6.51. The molecule has 20 heavy (non-hydrogen) atoms. The standard InChI is InChI=1S/C13H31N2O2Si3/c1-9-14-10-11-15(12-14)13-19(5,6)17-20(7,8)16-18(2,3)4/h10-12H,9,13H2,1-8H3/q+1. The summed E-state index contributed by atoms with van der Waals surface area (Å²) >= 11 is 0. The van der Waals surface area contributed by atoms with E-state index in [2.05, 4.69) is 80.6 Å². The Kier molecular flexibility index (Phi) is 5.59. The van der Waals surface area contributed by atoms with Gasteiger partial charge in [0.05, 0.1) is 6.54 Å². The Morgan fingerprint density at radius 3 is 2.05 bits per heavy atom. The molecule has 1 aromatic heterocycles. The van der Waals surface area contributed by atoms with E-state index in [1.165, 1.54) is 0 Å². The molecule has 1 rings (SSSR count). The van der Waals surface area contributed by atoms with Crippen molar-refractivity contribution in [2.45, 2.75) is 65.5 Å². The smallest absolute Gasteiger partial charge is 0.311 e. The molecule has 0 aliphatic rings. The van der Waals surface area contributed by atoms with Gasteiger partial charge in [0, 0.05) is 0 Å². The van der Waals surface area contributed by atoms with Crippen LogP contribution < -0.4 is 4.57 Å². The fourth-order valence-corrected chi connectivity index (χ4v) is 15.7. The van der Waals surface area contributed by atoms with Gasteiger partial charge in [0.2, 0.25) is 14.6 Å². The predicted octanol–water partition coefficient (Wildman–Crippen LogP) is 3.11. The van der Waals surface area contributed by atoms with Crippen molar-refractivity contribution < 1.29 is 12.8 Å². The van der Waals surface area contributed by atoms with Crippen molar-refractivity contribution in [3.05, 3.63) is 18.7 Å². The van der Waals surface area contributed by atoms with Gasteiger partial charge < -0.3 is 8.23 Å². The van der Waals surface area contributed by atoms with Gasteiger partial charge in [-0.1, -0.05) is 0 Å². The van der Waals surface area contributed by atoms with Crippen LogP contribution in [-0.4, -0.2) is 29.8 Å². The normalized spacial score (nSPS) is 13.8. The van der Waals surface area contributed by atoms with Gasteiger partial charge in [0.1, 0.15) is 18.6 Å². The summed E-state index contributed by atoms with van der Waals surface area (Å²) in [6.45, 7) is 18.8. The van der Waals surface area contributed by atoms with Crippen molar-refractivity contribution in [1.82, 2.24) is 4.57 Å². The summed E-state index contributed by atoms with van der Waals surface area (Å²) in [6.07, 6.45) is 7.39. The van der Waals surface area contributed by atoms with Crippen LogP contribution in [-0.2, 0) is 20.9 Å². The Labute approximate surface area is 127 Å². The Bertz CT molecular complexity index is 439. The van der Waals surface area contributed by atoms with Crippen molar-refractivity contribution in [1.29, 1.82) is 0 Å². The molecule has 0 unspecified atom stereocenters. The lowest BCUT2D eigenvalue weighted by Gasteiger charge is -2.36. The fourth-order valence-electron chi connectivity index (χ4n) is 2.61. The highest BCUT2D eigenvalue weighted by Gasteiger charge is 2.39. The molecule has 116 valence electrons. The zero-order valence-electron chi connectivity index (χ0n) is 14.4. The van der Waals surface area contributed by atoms with Crippen LogP contribution >= 0.6 is 0 Å². The van der Waals surface area contributed by atoms with Crippen LogP contribution in [0, 0.1) is 0 Å². The molecule has 0 aliphatic heterocycles. The first-order chi connectivity index (χ1) is 8.92. The summed E-state index contributed by atoms with van der Waals surface area (Å²) in [5.74, 6) is 0. The Hall–Kier alpha value is -0.219. The summed E-state index contributed by atoms with van der Waals surface area (Å²) in [5, 5.41) is 0. The van der Waals surface area contributed by atoms with Gasteiger partial charge in [-0.3, -0.25) is 0 Å². The minimum atomic E-state index is -2.03. The maximum atomic E-state index is 6.51. The van der Waals surface area contributed by atoms with Gasteiger partial charge >= 0.3 is 8.56 Å². The minimum absolute atomic E-state index is 0.978. The highest BCUT2D eigenvalue weighted by atomic mass is 28.5. The third-order valence-electron chi connectivity index (χ3n) is 2.75. The van der Waals surface area contributed by atoms with E-state index in [9.17, 15) is 0 Å². The van der Waals surface area contributed by atoms with Crippen molar-refractivity contribution >= 4 is 25.2 Å². The number of hydrogen-bond acceptors (Lipinski definition) is 2. The summed E-state index contributed by atoms with van der Waals surface area (Å²) in [7, 11) is -5.33. The van der Waals surface area contributed by atoms with Gasteiger partial charge in [0.25, 0.3) is 0 Å². The molecule has 0 radical (unpaired) electrons. The number of hydrogen-bond donors (Lipinski definition) is 0.